The summed E-state index contributed by atoms with van der Waals surface area (Å²) in [6, 6.07) is 3.82. The summed E-state index contributed by atoms with van der Waals surface area (Å²) in [5.41, 5.74) is 1.81. The molecule has 20 heavy (non-hydrogen) atoms. The van der Waals surface area contributed by atoms with Gasteiger partial charge in [0.2, 0.25) is 5.91 Å². The number of anilines is 1. The van der Waals surface area contributed by atoms with Gasteiger partial charge < -0.3 is 15.4 Å². The molecule has 1 saturated heterocycles. The van der Waals surface area contributed by atoms with E-state index in [-0.39, 0.29) is 5.91 Å². The Morgan fingerprint density at radius 2 is 2.15 bits per heavy atom. The van der Waals surface area contributed by atoms with Crippen LogP contribution in [0, 0.1) is 0 Å². The zero-order chi connectivity index (χ0) is 14.5. The predicted octanol–water partition coefficient (Wildman–Crippen LogP) is 1.82. The molecule has 0 radical (unpaired) electrons. The number of nitrogens with zero attached hydrogens (tertiary/aromatic N) is 1. The van der Waals surface area contributed by atoms with Crippen LogP contribution in [-0.2, 0) is 11.3 Å². The van der Waals surface area contributed by atoms with Crippen molar-refractivity contribution in [1.82, 2.24) is 10.2 Å². The first-order chi connectivity index (χ1) is 9.61. The molecule has 1 fully saturated rings. The van der Waals surface area contributed by atoms with E-state index in [9.17, 15) is 4.79 Å². The SMILES string of the molecule is COc1ccc(Br)c(CN2CCNCC2)c1NC(C)=O. The molecule has 0 atom stereocenters. The van der Waals surface area contributed by atoms with Crippen molar-refractivity contribution in [3.63, 3.8) is 0 Å². The van der Waals surface area contributed by atoms with Crippen LogP contribution in [0.3, 0.4) is 0 Å². The van der Waals surface area contributed by atoms with E-state index in [2.05, 4.69) is 31.5 Å². The smallest absolute Gasteiger partial charge is 0.221 e. The molecule has 110 valence electrons. The number of hydrogen-bond acceptors (Lipinski definition) is 4. The van der Waals surface area contributed by atoms with Crippen molar-refractivity contribution in [3.8, 4) is 5.75 Å². The average molecular weight is 342 g/mol. The van der Waals surface area contributed by atoms with Crippen molar-refractivity contribution in [1.29, 1.82) is 0 Å². The highest BCUT2D eigenvalue weighted by atomic mass is 79.9. The Bertz CT molecular complexity index is 488. The first kappa shape index (κ1) is 15.3. The maximum Gasteiger partial charge on any atom is 0.221 e. The molecule has 0 bridgehead atoms. The minimum Gasteiger partial charge on any atom is -0.495 e. The molecule has 6 heteroatoms. The molecule has 2 rings (SSSR count). The number of rotatable bonds is 4. The van der Waals surface area contributed by atoms with Crippen molar-refractivity contribution in [3.05, 3.63) is 22.2 Å². The fraction of sp³-hybridized carbons (Fsp3) is 0.500. The maximum absolute atomic E-state index is 11.4. The number of benzene rings is 1. The Balaban J connectivity index is 2.30. The third-order valence-electron chi connectivity index (χ3n) is 3.33. The van der Waals surface area contributed by atoms with Gasteiger partial charge in [-0.2, -0.15) is 0 Å². The molecule has 0 unspecified atom stereocenters. The highest BCUT2D eigenvalue weighted by Crippen LogP contribution is 2.35. The molecule has 5 nitrogen and oxygen atoms in total. The van der Waals surface area contributed by atoms with Crippen LogP contribution >= 0.6 is 15.9 Å². The van der Waals surface area contributed by atoms with Crippen molar-refractivity contribution >= 4 is 27.5 Å². The first-order valence-electron chi connectivity index (χ1n) is 6.68. The summed E-state index contributed by atoms with van der Waals surface area (Å²) in [7, 11) is 1.61. The van der Waals surface area contributed by atoms with Gasteiger partial charge in [0.05, 0.1) is 12.8 Å². The van der Waals surface area contributed by atoms with E-state index in [4.69, 9.17) is 4.74 Å². The van der Waals surface area contributed by atoms with Gasteiger partial charge in [0, 0.05) is 49.7 Å². The zero-order valence-electron chi connectivity index (χ0n) is 11.8. The number of hydrogen-bond donors (Lipinski definition) is 2. The second-order valence-corrected chi connectivity index (χ2v) is 5.66. The van der Waals surface area contributed by atoms with Crippen molar-refractivity contribution in [2.24, 2.45) is 0 Å². The summed E-state index contributed by atoms with van der Waals surface area (Å²) < 4.78 is 6.35. The highest BCUT2D eigenvalue weighted by Gasteiger charge is 2.18. The lowest BCUT2D eigenvalue weighted by Gasteiger charge is -2.28. The molecule has 1 aliphatic heterocycles. The molecule has 0 aliphatic carbocycles. The van der Waals surface area contributed by atoms with Gasteiger partial charge in [-0.25, -0.2) is 0 Å². The maximum atomic E-state index is 11.4. The van der Waals surface area contributed by atoms with Crippen LogP contribution < -0.4 is 15.4 Å². The molecule has 0 aromatic heterocycles. The second-order valence-electron chi connectivity index (χ2n) is 4.81. The van der Waals surface area contributed by atoms with Crippen LogP contribution in [0.15, 0.2) is 16.6 Å². The monoisotopic (exact) mass is 341 g/mol. The Kier molecular flexibility index (Phi) is 5.39. The number of amides is 1. The van der Waals surface area contributed by atoms with E-state index in [1.54, 1.807) is 7.11 Å². The Morgan fingerprint density at radius 3 is 2.75 bits per heavy atom. The quantitative estimate of drug-likeness (QED) is 0.877. The van der Waals surface area contributed by atoms with E-state index >= 15 is 0 Å². The number of piperazine rings is 1. The van der Waals surface area contributed by atoms with Gasteiger partial charge in [-0.05, 0) is 12.1 Å². The zero-order valence-corrected chi connectivity index (χ0v) is 13.4. The highest BCUT2D eigenvalue weighted by molar-refractivity contribution is 9.10. The average Bonchev–Trinajstić information content (AvgIpc) is 2.44. The molecule has 1 aromatic rings. The first-order valence-corrected chi connectivity index (χ1v) is 7.47. The van der Waals surface area contributed by atoms with Crippen LogP contribution in [0.5, 0.6) is 5.75 Å². The number of halogens is 1. The van der Waals surface area contributed by atoms with Gasteiger partial charge in [-0.3, -0.25) is 9.69 Å². The summed E-state index contributed by atoms with van der Waals surface area (Å²) in [5.74, 6) is 0.594. The topological polar surface area (TPSA) is 53.6 Å². The summed E-state index contributed by atoms with van der Waals surface area (Å²) in [5, 5.41) is 6.22. The number of nitrogens with one attached hydrogen (secondary N) is 2. The number of ether oxygens (including phenoxy) is 1. The van der Waals surface area contributed by atoms with E-state index in [1.165, 1.54) is 6.92 Å². The molecule has 0 spiro atoms. The predicted molar refractivity (Wildman–Crippen MR) is 83.1 cm³/mol. The van der Waals surface area contributed by atoms with Crippen LogP contribution in [-0.4, -0.2) is 44.1 Å². The van der Waals surface area contributed by atoms with Crippen molar-refractivity contribution in [2.45, 2.75) is 13.5 Å². The molecular weight excluding hydrogens is 322 g/mol. The van der Waals surface area contributed by atoms with Gasteiger partial charge in [0.1, 0.15) is 5.75 Å². The minimum atomic E-state index is -0.0945. The molecule has 1 amide bonds. The van der Waals surface area contributed by atoms with Gasteiger partial charge in [0.15, 0.2) is 0 Å². The largest absolute Gasteiger partial charge is 0.495 e. The molecule has 2 N–H and O–H groups in total. The summed E-state index contributed by atoms with van der Waals surface area (Å²) in [4.78, 5) is 13.8. The summed E-state index contributed by atoms with van der Waals surface area (Å²) >= 11 is 3.58. The number of methoxy groups -OCH3 is 1. The summed E-state index contributed by atoms with van der Waals surface area (Å²) in [6.45, 7) is 6.30. The third kappa shape index (κ3) is 3.71. The molecule has 0 saturated carbocycles. The van der Waals surface area contributed by atoms with E-state index in [1.807, 2.05) is 12.1 Å². The minimum absolute atomic E-state index is 0.0945. The lowest BCUT2D eigenvalue weighted by Crippen LogP contribution is -2.43. The molecule has 1 aromatic carbocycles. The second kappa shape index (κ2) is 7.06. The van der Waals surface area contributed by atoms with E-state index in [0.29, 0.717) is 5.75 Å². The Hall–Kier alpha value is -1.11. The normalized spacial score (nSPS) is 15.9. The van der Waals surface area contributed by atoms with Gasteiger partial charge in [-0.15, -0.1) is 0 Å². The number of carbonyl (C=O) groups excluding carboxylic acids is 1. The molecule has 1 heterocycles. The van der Waals surface area contributed by atoms with E-state index < -0.39 is 0 Å². The lowest BCUT2D eigenvalue weighted by atomic mass is 10.1. The standard InChI is InChI=1S/C14H20BrN3O2/c1-10(19)17-14-11(9-18-7-5-16-6-8-18)12(15)3-4-13(14)20-2/h3-4,16H,5-9H2,1-2H3,(H,17,19). The van der Waals surface area contributed by atoms with Crippen LogP contribution in [0.25, 0.3) is 0 Å². The van der Waals surface area contributed by atoms with Crippen LogP contribution in [0.1, 0.15) is 12.5 Å². The summed E-state index contributed by atoms with van der Waals surface area (Å²) in [6.07, 6.45) is 0. The fourth-order valence-corrected chi connectivity index (χ4v) is 2.79. The van der Waals surface area contributed by atoms with Crippen LogP contribution in [0.4, 0.5) is 5.69 Å². The fourth-order valence-electron chi connectivity index (χ4n) is 2.33. The van der Waals surface area contributed by atoms with Gasteiger partial charge >= 0.3 is 0 Å². The van der Waals surface area contributed by atoms with Gasteiger partial charge in [-0.1, -0.05) is 15.9 Å². The molecule has 1 aliphatic rings. The van der Waals surface area contributed by atoms with E-state index in [0.717, 1.165) is 48.4 Å². The Morgan fingerprint density at radius 1 is 1.45 bits per heavy atom. The Labute approximate surface area is 127 Å². The third-order valence-corrected chi connectivity index (χ3v) is 4.07. The van der Waals surface area contributed by atoms with Crippen molar-refractivity contribution in [2.75, 3.05) is 38.6 Å². The number of carbonyl (C=O) groups is 1. The molecular formula is C14H20BrN3O2. The van der Waals surface area contributed by atoms with Crippen LogP contribution in [0.2, 0.25) is 0 Å². The van der Waals surface area contributed by atoms with Crippen molar-refractivity contribution < 1.29 is 9.53 Å². The lowest BCUT2D eigenvalue weighted by molar-refractivity contribution is -0.114. The van der Waals surface area contributed by atoms with Gasteiger partial charge in [0.25, 0.3) is 0 Å².